The van der Waals surface area contributed by atoms with Gasteiger partial charge in [0.05, 0.1) is 32.1 Å². The van der Waals surface area contributed by atoms with Crippen molar-refractivity contribution in [1.29, 1.82) is 0 Å². The molecule has 0 amide bonds. The van der Waals surface area contributed by atoms with Gasteiger partial charge in [-0.25, -0.2) is 4.79 Å². The standard InChI is InChI=1S/C22H28N2O4/c1-26-20-15-18(22(25)27-2)19(23-17-9-4-3-5-10-17)16-21(20)28-14-8-13-24-11-6-7-12-24/h3-5,9-10,15-16,23H,6-8,11-14H2,1-2H3. The van der Waals surface area contributed by atoms with Gasteiger partial charge in [0.2, 0.25) is 0 Å². The van der Waals surface area contributed by atoms with E-state index in [1.807, 2.05) is 30.3 Å². The third-order valence-electron chi connectivity index (χ3n) is 4.84. The first-order valence-corrected chi connectivity index (χ1v) is 9.69. The Morgan fingerprint density at radius 2 is 1.82 bits per heavy atom. The van der Waals surface area contributed by atoms with Gasteiger partial charge in [-0.2, -0.15) is 0 Å². The molecule has 0 radical (unpaired) electrons. The summed E-state index contributed by atoms with van der Waals surface area (Å²) >= 11 is 0. The summed E-state index contributed by atoms with van der Waals surface area (Å²) in [7, 11) is 2.93. The van der Waals surface area contributed by atoms with Crippen molar-refractivity contribution in [2.75, 3.05) is 45.8 Å². The number of ether oxygens (including phenoxy) is 3. The highest BCUT2D eigenvalue weighted by atomic mass is 16.5. The van der Waals surface area contributed by atoms with Crippen LogP contribution in [-0.2, 0) is 4.74 Å². The summed E-state index contributed by atoms with van der Waals surface area (Å²) in [6.07, 6.45) is 3.53. The van der Waals surface area contributed by atoms with E-state index in [0.717, 1.165) is 18.7 Å². The maximum atomic E-state index is 12.2. The molecule has 0 atom stereocenters. The van der Waals surface area contributed by atoms with E-state index in [9.17, 15) is 4.79 Å². The van der Waals surface area contributed by atoms with E-state index < -0.39 is 5.97 Å². The first-order chi connectivity index (χ1) is 13.7. The Labute approximate surface area is 166 Å². The smallest absolute Gasteiger partial charge is 0.340 e. The molecule has 1 N–H and O–H groups in total. The van der Waals surface area contributed by atoms with E-state index in [-0.39, 0.29) is 0 Å². The molecule has 0 spiro atoms. The minimum Gasteiger partial charge on any atom is -0.493 e. The molecule has 28 heavy (non-hydrogen) atoms. The van der Waals surface area contributed by atoms with Crippen molar-refractivity contribution in [2.45, 2.75) is 19.3 Å². The average molecular weight is 384 g/mol. The van der Waals surface area contributed by atoms with Crippen LogP contribution in [0.1, 0.15) is 29.6 Å². The van der Waals surface area contributed by atoms with Crippen LogP contribution in [0.15, 0.2) is 42.5 Å². The molecule has 1 aliphatic rings. The van der Waals surface area contributed by atoms with Gasteiger partial charge in [0.25, 0.3) is 0 Å². The van der Waals surface area contributed by atoms with E-state index in [0.29, 0.717) is 29.4 Å². The lowest BCUT2D eigenvalue weighted by molar-refractivity contribution is 0.0601. The number of rotatable bonds is 9. The molecule has 0 saturated carbocycles. The Balaban J connectivity index is 1.75. The van der Waals surface area contributed by atoms with Crippen molar-refractivity contribution in [3.05, 3.63) is 48.0 Å². The van der Waals surface area contributed by atoms with Gasteiger partial charge in [0.1, 0.15) is 0 Å². The van der Waals surface area contributed by atoms with Crippen LogP contribution in [-0.4, -0.2) is 51.3 Å². The lowest BCUT2D eigenvalue weighted by Crippen LogP contribution is -2.22. The number of carbonyl (C=O) groups excluding carboxylic acids is 1. The molecule has 1 fully saturated rings. The summed E-state index contributed by atoms with van der Waals surface area (Å²) in [5.74, 6) is 0.688. The van der Waals surface area contributed by atoms with Gasteiger partial charge in [-0.1, -0.05) is 18.2 Å². The van der Waals surface area contributed by atoms with E-state index in [1.165, 1.54) is 33.0 Å². The normalized spacial score (nSPS) is 13.9. The monoisotopic (exact) mass is 384 g/mol. The van der Waals surface area contributed by atoms with Crippen molar-refractivity contribution in [1.82, 2.24) is 4.90 Å². The molecule has 0 unspecified atom stereocenters. The number of likely N-dealkylation sites (tertiary alicyclic amines) is 1. The van der Waals surface area contributed by atoms with Gasteiger partial charge in [0, 0.05) is 24.4 Å². The number of esters is 1. The third-order valence-corrected chi connectivity index (χ3v) is 4.84. The minimum atomic E-state index is -0.433. The van der Waals surface area contributed by atoms with Gasteiger partial charge >= 0.3 is 5.97 Å². The van der Waals surface area contributed by atoms with Crippen molar-refractivity contribution in [3.8, 4) is 11.5 Å². The zero-order valence-corrected chi connectivity index (χ0v) is 16.6. The zero-order chi connectivity index (χ0) is 19.8. The predicted molar refractivity (Wildman–Crippen MR) is 110 cm³/mol. The second-order valence-corrected chi connectivity index (χ2v) is 6.78. The lowest BCUT2D eigenvalue weighted by Gasteiger charge is -2.18. The maximum absolute atomic E-state index is 12.2. The summed E-state index contributed by atoms with van der Waals surface area (Å²) in [5, 5.41) is 3.27. The molecule has 6 nitrogen and oxygen atoms in total. The zero-order valence-electron chi connectivity index (χ0n) is 16.6. The lowest BCUT2D eigenvalue weighted by atomic mass is 10.1. The van der Waals surface area contributed by atoms with Gasteiger partial charge in [-0.15, -0.1) is 0 Å². The highest BCUT2D eigenvalue weighted by Crippen LogP contribution is 2.35. The molecule has 6 heteroatoms. The molecule has 0 aromatic heterocycles. The summed E-state index contributed by atoms with van der Waals surface area (Å²) in [6.45, 7) is 4.00. The van der Waals surface area contributed by atoms with Crippen molar-refractivity contribution < 1.29 is 19.0 Å². The highest BCUT2D eigenvalue weighted by molar-refractivity contribution is 5.97. The van der Waals surface area contributed by atoms with Crippen molar-refractivity contribution >= 4 is 17.3 Å². The van der Waals surface area contributed by atoms with E-state index in [2.05, 4.69) is 10.2 Å². The van der Waals surface area contributed by atoms with E-state index >= 15 is 0 Å². The largest absolute Gasteiger partial charge is 0.493 e. The van der Waals surface area contributed by atoms with Crippen LogP contribution < -0.4 is 14.8 Å². The van der Waals surface area contributed by atoms with Crippen LogP contribution in [0.2, 0.25) is 0 Å². The number of para-hydroxylation sites is 1. The van der Waals surface area contributed by atoms with Crippen molar-refractivity contribution in [3.63, 3.8) is 0 Å². The third kappa shape index (κ3) is 5.16. The number of hydrogen-bond donors (Lipinski definition) is 1. The quantitative estimate of drug-likeness (QED) is 0.519. The molecule has 1 heterocycles. The van der Waals surface area contributed by atoms with E-state index in [1.54, 1.807) is 19.2 Å². The fourth-order valence-corrected chi connectivity index (χ4v) is 3.37. The first kappa shape index (κ1) is 20.0. The average Bonchev–Trinajstić information content (AvgIpc) is 3.25. The number of benzene rings is 2. The van der Waals surface area contributed by atoms with E-state index in [4.69, 9.17) is 14.2 Å². The Morgan fingerprint density at radius 1 is 1.07 bits per heavy atom. The summed E-state index contributed by atoms with van der Waals surface area (Å²) < 4.78 is 16.4. The van der Waals surface area contributed by atoms with Gasteiger partial charge in [-0.3, -0.25) is 0 Å². The number of carbonyl (C=O) groups is 1. The van der Waals surface area contributed by atoms with Crippen molar-refractivity contribution in [2.24, 2.45) is 0 Å². The van der Waals surface area contributed by atoms with Crippen LogP contribution in [0.3, 0.4) is 0 Å². The molecule has 1 aliphatic heterocycles. The topological polar surface area (TPSA) is 60.0 Å². The Kier molecular flexibility index (Phi) is 7.14. The second-order valence-electron chi connectivity index (χ2n) is 6.78. The fourth-order valence-electron chi connectivity index (χ4n) is 3.37. The Hall–Kier alpha value is -2.73. The fraction of sp³-hybridized carbons (Fsp3) is 0.409. The Bertz CT molecular complexity index is 774. The highest BCUT2D eigenvalue weighted by Gasteiger charge is 2.18. The number of methoxy groups -OCH3 is 2. The van der Waals surface area contributed by atoms with Gasteiger partial charge < -0.3 is 24.4 Å². The predicted octanol–water partition coefficient (Wildman–Crippen LogP) is 4.09. The molecular formula is C22H28N2O4. The maximum Gasteiger partial charge on any atom is 0.340 e. The number of hydrogen-bond acceptors (Lipinski definition) is 6. The molecule has 2 aromatic rings. The molecule has 0 bridgehead atoms. The first-order valence-electron chi connectivity index (χ1n) is 9.69. The number of nitrogens with zero attached hydrogens (tertiary/aromatic N) is 1. The van der Waals surface area contributed by atoms with Gasteiger partial charge in [-0.05, 0) is 44.5 Å². The summed E-state index contributed by atoms with van der Waals surface area (Å²) in [5.41, 5.74) is 1.89. The molecule has 1 saturated heterocycles. The molecular weight excluding hydrogens is 356 g/mol. The summed E-state index contributed by atoms with van der Waals surface area (Å²) in [4.78, 5) is 14.7. The van der Waals surface area contributed by atoms with Crippen LogP contribution in [0.25, 0.3) is 0 Å². The Morgan fingerprint density at radius 3 is 2.50 bits per heavy atom. The SMILES string of the molecule is COC(=O)c1cc(OC)c(OCCCN2CCCC2)cc1Nc1ccccc1. The molecule has 0 aliphatic carbocycles. The van der Waals surface area contributed by atoms with Crippen LogP contribution in [0, 0.1) is 0 Å². The summed E-state index contributed by atoms with van der Waals surface area (Å²) in [6, 6.07) is 13.1. The van der Waals surface area contributed by atoms with Crippen LogP contribution in [0.5, 0.6) is 11.5 Å². The minimum absolute atomic E-state index is 0.396. The van der Waals surface area contributed by atoms with Crippen LogP contribution >= 0.6 is 0 Å². The molecule has 3 rings (SSSR count). The number of nitrogens with one attached hydrogen (secondary N) is 1. The van der Waals surface area contributed by atoms with Gasteiger partial charge in [0.15, 0.2) is 11.5 Å². The number of anilines is 2. The molecule has 150 valence electrons. The molecule has 2 aromatic carbocycles. The van der Waals surface area contributed by atoms with Crippen LogP contribution in [0.4, 0.5) is 11.4 Å². The second kappa shape index (κ2) is 9.99.